The molecule has 2 aromatic heterocycles. The Bertz CT molecular complexity index is 698. The lowest BCUT2D eigenvalue weighted by Gasteiger charge is -2.14. The van der Waals surface area contributed by atoms with Gasteiger partial charge in [0.25, 0.3) is 0 Å². The van der Waals surface area contributed by atoms with Crippen molar-refractivity contribution in [2.24, 2.45) is 5.73 Å². The summed E-state index contributed by atoms with van der Waals surface area (Å²) in [6.45, 7) is 3.62. The van der Waals surface area contributed by atoms with Crippen molar-refractivity contribution < 1.29 is 0 Å². The highest BCUT2D eigenvalue weighted by atomic mass is 15.3. The van der Waals surface area contributed by atoms with E-state index in [9.17, 15) is 0 Å². The lowest BCUT2D eigenvalue weighted by Crippen LogP contribution is -2.17. The molecule has 0 saturated heterocycles. The van der Waals surface area contributed by atoms with E-state index < -0.39 is 0 Å². The summed E-state index contributed by atoms with van der Waals surface area (Å²) in [7, 11) is 0. The van der Waals surface area contributed by atoms with Gasteiger partial charge in [0.1, 0.15) is 0 Å². The van der Waals surface area contributed by atoms with Crippen LogP contribution in [-0.4, -0.2) is 19.3 Å². The van der Waals surface area contributed by atoms with Crippen LogP contribution in [0.2, 0.25) is 0 Å². The van der Waals surface area contributed by atoms with E-state index in [2.05, 4.69) is 33.7 Å². The van der Waals surface area contributed by atoms with Gasteiger partial charge in [-0.25, -0.2) is 4.98 Å². The Morgan fingerprint density at radius 1 is 1.19 bits per heavy atom. The van der Waals surface area contributed by atoms with E-state index in [-0.39, 0.29) is 6.04 Å². The summed E-state index contributed by atoms with van der Waals surface area (Å²) in [5.41, 5.74) is 9.53. The van der Waals surface area contributed by atoms with Crippen molar-refractivity contribution in [3.8, 4) is 11.3 Å². The number of hydrogen-bond donors (Lipinski definition) is 1. The highest BCUT2D eigenvalue weighted by molar-refractivity contribution is 5.56. The van der Waals surface area contributed by atoms with Crippen molar-refractivity contribution in [2.45, 2.75) is 26.1 Å². The molecule has 1 unspecified atom stereocenters. The zero-order valence-electron chi connectivity index (χ0n) is 12.1. The fraction of sp³-hybridized carbons (Fsp3) is 0.250. The number of aryl methyl sites for hydroxylation is 1. The number of nitrogens with two attached hydrogens (primary N) is 1. The molecule has 0 radical (unpaired) electrons. The van der Waals surface area contributed by atoms with Crippen LogP contribution in [0.3, 0.4) is 0 Å². The van der Waals surface area contributed by atoms with E-state index in [0.717, 1.165) is 23.4 Å². The van der Waals surface area contributed by atoms with Gasteiger partial charge in [0, 0.05) is 30.9 Å². The molecule has 21 heavy (non-hydrogen) atoms. The summed E-state index contributed by atoms with van der Waals surface area (Å²) in [6.07, 6.45) is 7.57. The van der Waals surface area contributed by atoms with Gasteiger partial charge in [-0.05, 0) is 12.5 Å². The molecule has 1 aromatic carbocycles. The summed E-state index contributed by atoms with van der Waals surface area (Å²) < 4.78 is 3.98. The highest BCUT2D eigenvalue weighted by Crippen LogP contribution is 2.21. The number of imidazole rings is 1. The van der Waals surface area contributed by atoms with Crippen molar-refractivity contribution in [1.29, 1.82) is 0 Å². The van der Waals surface area contributed by atoms with E-state index in [1.807, 2.05) is 47.8 Å². The van der Waals surface area contributed by atoms with E-state index >= 15 is 0 Å². The Morgan fingerprint density at radius 3 is 2.71 bits per heavy atom. The largest absolute Gasteiger partial charge is 0.329 e. The molecule has 0 aliphatic rings. The number of benzene rings is 1. The molecule has 0 amide bonds. The minimum atomic E-state index is -0.0552. The highest BCUT2D eigenvalue weighted by Gasteiger charge is 2.11. The third-order valence-electron chi connectivity index (χ3n) is 3.59. The molecule has 3 aromatic rings. The average Bonchev–Trinajstić information content (AvgIpc) is 3.16. The van der Waals surface area contributed by atoms with Gasteiger partial charge >= 0.3 is 0 Å². The van der Waals surface area contributed by atoms with Gasteiger partial charge in [0.15, 0.2) is 0 Å². The Kier molecular flexibility index (Phi) is 3.83. The number of nitrogens with zero attached hydrogens (tertiary/aromatic N) is 4. The maximum absolute atomic E-state index is 6.30. The van der Waals surface area contributed by atoms with E-state index in [0.29, 0.717) is 6.54 Å². The first-order valence-corrected chi connectivity index (χ1v) is 7.11. The summed E-state index contributed by atoms with van der Waals surface area (Å²) in [6, 6.07) is 10.1. The Labute approximate surface area is 124 Å². The van der Waals surface area contributed by atoms with Crippen LogP contribution in [0.5, 0.6) is 0 Å². The predicted molar refractivity (Wildman–Crippen MR) is 82.5 cm³/mol. The first-order valence-electron chi connectivity index (χ1n) is 7.11. The number of aromatic nitrogens is 4. The molecule has 5 heteroatoms. The number of hydrogen-bond acceptors (Lipinski definition) is 3. The lowest BCUT2D eigenvalue weighted by atomic mass is 10.1. The lowest BCUT2D eigenvalue weighted by molar-refractivity contribution is 0.580. The minimum Gasteiger partial charge on any atom is -0.329 e. The quantitative estimate of drug-likeness (QED) is 0.781. The summed E-state index contributed by atoms with van der Waals surface area (Å²) >= 11 is 0. The van der Waals surface area contributed by atoms with Crippen LogP contribution in [0.4, 0.5) is 0 Å². The van der Waals surface area contributed by atoms with Crippen molar-refractivity contribution in [3.63, 3.8) is 0 Å². The van der Waals surface area contributed by atoms with Gasteiger partial charge in [-0.15, -0.1) is 0 Å². The molecule has 0 aliphatic heterocycles. The SMILES string of the molecule is CCn1cc(-c2cncn2CC(N)c2ccccc2)cn1. The van der Waals surface area contributed by atoms with Crippen molar-refractivity contribution in [2.75, 3.05) is 0 Å². The van der Waals surface area contributed by atoms with Crippen molar-refractivity contribution in [1.82, 2.24) is 19.3 Å². The molecule has 0 bridgehead atoms. The molecule has 0 saturated carbocycles. The summed E-state index contributed by atoms with van der Waals surface area (Å²) in [5.74, 6) is 0. The maximum Gasteiger partial charge on any atom is 0.0951 e. The molecule has 108 valence electrons. The van der Waals surface area contributed by atoms with Crippen molar-refractivity contribution >= 4 is 0 Å². The Hall–Kier alpha value is -2.40. The molecule has 0 spiro atoms. The first-order chi connectivity index (χ1) is 10.3. The second-order valence-electron chi connectivity index (χ2n) is 5.03. The van der Waals surface area contributed by atoms with Gasteiger partial charge in [-0.2, -0.15) is 5.10 Å². The van der Waals surface area contributed by atoms with Gasteiger partial charge in [0.05, 0.1) is 24.4 Å². The molecular weight excluding hydrogens is 262 g/mol. The molecular formula is C16H19N5. The topological polar surface area (TPSA) is 61.7 Å². The van der Waals surface area contributed by atoms with Crippen LogP contribution in [0, 0.1) is 0 Å². The zero-order valence-corrected chi connectivity index (χ0v) is 12.1. The van der Waals surface area contributed by atoms with E-state index in [1.165, 1.54) is 0 Å². The monoisotopic (exact) mass is 281 g/mol. The second kappa shape index (κ2) is 5.93. The minimum absolute atomic E-state index is 0.0552. The maximum atomic E-state index is 6.30. The molecule has 3 rings (SSSR count). The van der Waals surface area contributed by atoms with E-state index in [4.69, 9.17) is 5.73 Å². The number of rotatable bonds is 5. The van der Waals surface area contributed by atoms with Gasteiger partial charge < -0.3 is 10.3 Å². The zero-order chi connectivity index (χ0) is 14.7. The molecule has 0 fully saturated rings. The second-order valence-corrected chi connectivity index (χ2v) is 5.03. The van der Waals surface area contributed by atoms with Crippen LogP contribution < -0.4 is 5.73 Å². The third kappa shape index (κ3) is 2.87. The normalized spacial score (nSPS) is 12.5. The van der Waals surface area contributed by atoms with Crippen molar-refractivity contribution in [3.05, 3.63) is 60.8 Å². The average molecular weight is 281 g/mol. The van der Waals surface area contributed by atoms with Crippen LogP contribution in [0.15, 0.2) is 55.2 Å². The molecule has 1 atom stereocenters. The summed E-state index contributed by atoms with van der Waals surface area (Å²) in [4.78, 5) is 4.25. The van der Waals surface area contributed by atoms with Gasteiger partial charge in [-0.1, -0.05) is 30.3 Å². The predicted octanol–water partition coefficient (Wildman–Crippen LogP) is 2.47. The molecule has 2 N–H and O–H groups in total. The summed E-state index contributed by atoms with van der Waals surface area (Å²) in [5, 5.41) is 4.31. The van der Waals surface area contributed by atoms with Crippen LogP contribution >= 0.6 is 0 Å². The van der Waals surface area contributed by atoms with Crippen LogP contribution in [-0.2, 0) is 13.1 Å². The van der Waals surface area contributed by atoms with E-state index in [1.54, 1.807) is 0 Å². The van der Waals surface area contributed by atoms with Gasteiger partial charge in [-0.3, -0.25) is 4.68 Å². The third-order valence-corrected chi connectivity index (χ3v) is 3.59. The molecule has 2 heterocycles. The Balaban J connectivity index is 1.82. The molecule has 5 nitrogen and oxygen atoms in total. The van der Waals surface area contributed by atoms with Crippen LogP contribution in [0.1, 0.15) is 18.5 Å². The Morgan fingerprint density at radius 2 is 2.00 bits per heavy atom. The first kappa shape index (κ1) is 13.6. The smallest absolute Gasteiger partial charge is 0.0951 e. The fourth-order valence-electron chi connectivity index (χ4n) is 2.39. The van der Waals surface area contributed by atoms with Gasteiger partial charge in [0.2, 0.25) is 0 Å². The fourth-order valence-corrected chi connectivity index (χ4v) is 2.39. The van der Waals surface area contributed by atoms with Crippen LogP contribution in [0.25, 0.3) is 11.3 Å². The standard InChI is InChI=1S/C16H19N5/c1-2-21-10-14(8-19-21)16-9-18-12-20(16)11-15(17)13-6-4-3-5-7-13/h3-10,12,15H,2,11,17H2,1H3. The molecule has 0 aliphatic carbocycles.